The van der Waals surface area contributed by atoms with Crippen molar-refractivity contribution in [2.75, 3.05) is 6.54 Å². The number of nitrogens with one attached hydrogen (secondary N) is 3. The molecule has 0 spiro atoms. The van der Waals surface area contributed by atoms with Gasteiger partial charge in [0.25, 0.3) is 5.91 Å². The number of aliphatic carboxylic acids is 1. The summed E-state index contributed by atoms with van der Waals surface area (Å²) in [6.07, 6.45) is 2.52. The predicted octanol–water partition coefficient (Wildman–Crippen LogP) is 1.56. The molecule has 1 aliphatic rings. The summed E-state index contributed by atoms with van der Waals surface area (Å²) in [7, 11) is 0. The highest BCUT2D eigenvalue weighted by molar-refractivity contribution is 5.97. The molecule has 2 amide bonds. The van der Waals surface area contributed by atoms with E-state index in [1.165, 1.54) is 6.92 Å². The van der Waals surface area contributed by atoms with Crippen LogP contribution in [0.3, 0.4) is 0 Å². The van der Waals surface area contributed by atoms with Crippen LogP contribution in [0, 0.1) is 0 Å². The summed E-state index contributed by atoms with van der Waals surface area (Å²) in [6, 6.07) is 9.77. The first-order valence-corrected chi connectivity index (χ1v) is 9.83. The second-order valence-corrected chi connectivity index (χ2v) is 7.34. The van der Waals surface area contributed by atoms with Gasteiger partial charge in [0.05, 0.1) is 17.0 Å². The van der Waals surface area contributed by atoms with Gasteiger partial charge in [0.2, 0.25) is 5.91 Å². The van der Waals surface area contributed by atoms with Crippen LogP contribution in [0.5, 0.6) is 0 Å². The molecule has 158 valence electrons. The molecule has 4 rings (SSSR count). The van der Waals surface area contributed by atoms with Crippen molar-refractivity contribution in [3.05, 3.63) is 59.4 Å². The minimum atomic E-state index is -1.10. The second-order valence-electron chi connectivity index (χ2n) is 7.34. The largest absolute Gasteiger partial charge is 0.480 e. The van der Waals surface area contributed by atoms with Crippen LogP contribution in [0.1, 0.15) is 28.5 Å². The Hall–Kier alpha value is -4.01. The Morgan fingerprint density at radius 3 is 2.84 bits per heavy atom. The average molecular weight is 419 g/mol. The third-order valence-corrected chi connectivity index (χ3v) is 5.04. The van der Waals surface area contributed by atoms with Crippen molar-refractivity contribution in [3.8, 4) is 22.8 Å². The zero-order valence-electron chi connectivity index (χ0n) is 16.8. The zero-order valence-corrected chi connectivity index (χ0v) is 16.8. The van der Waals surface area contributed by atoms with Crippen LogP contribution in [0.15, 0.2) is 42.6 Å². The van der Waals surface area contributed by atoms with Crippen LogP contribution >= 0.6 is 0 Å². The van der Waals surface area contributed by atoms with Crippen molar-refractivity contribution in [1.82, 2.24) is 25.6 Å². The SMILES string of the molecule is CC(=O)N[C@@H](Cc1cccc(-c2nccc(-c3cc4c([nH]3)CCNC4=O)n2)c1)C(=O)O. The van der Waals surface area contributed by atoms with E-state index < -0.39 is 17.9 Å². The molecule has 0 radical (unpaired) electrons. The van der Waals surface area contributed by atoms with Crippen LogP contribution in [-0.2, 0) is 22.4 Å². The first-order valence-electron chi connectivity index (χ1n) is 9.83. The van der Waals surface area contributed by atoms with Gasteiger partial charge in [-0.2, -0.15) is 0 Å². The van der Waals surface area contributed by atoms with Gasteiger partial charge in [-0.15, -0.1) is 0 Å². The van der Waals surface area contributed by atoms with Gasteiger partial charge in [-0.1, -0.05) is 18.2 Å². The molecular formula is C22H21N5O4. The maximum atomic E-state index is 12.0. The lowest BCUT2D eigenvalue weighted by atomic mass is 10.0. The van der Waals surface area contributed by atoms with E-state index in [4.69, 9.17) is 0 Å². The lowest BCUT2D eigenvalue weighted by Gasteiger charge is -2.13. The number of carboxylic acids is 1. The van der Waals surface area contributed by atoms with E-state index in [0.717, 1.165) is 28.9 Å². The molecule has 2 aromatic heterocycles. The molecule has 1 aromatic carbocycles. The molecule has 9 nitrogen and oxygen atoms in total. The third kappa shape index (κ3) is 4.45. The predicted molar refractivity (Wildman–Crippen MR) is 112 cm³/mol. The van der Waals surface area contributed by atoms with Gasteiger partial charge in [-0.3, -0.25) is 9.59 Å². The summed E-state index contributed by atoms with van der Waals surface area (Å²) in [6.45, 7) is 1.89. The number of fused-ring (bicyclic) bond motifs is 1. The molecule has 0 saturated carbocycles. The third-order valence-electron chi connectivity index (χ3n) is 5.04. The van der Waals surface area contributed by atoms with Crippen molar-refractivity contribution < 1.29 is 19.5 Å². The quantitative estimate of drug-likeness (QED) is 0.478. The fraction of sp³-hybridized carbons (Fsp3) is 0.227. The van der Waals surface area contributed by atoms with Crippen LogP contribution < -0.4 is 10.6 Å². The van der Waals surface area contributed by atoms with Gasteiger partial charge in [0, 0.05) is 43.8 Å². The number of hydrogen-bond donors (Lipinski definition) is 4. The van der Waals surface area contributed by atoms with Gasteiger partial charge in [-0.05, 0) is 23.8 Å². The van der Waals surface area contributed by atoms with E-state index in [9.17, 15) is 19.5 Å². The van der Waals surface area contributed by atoms with E-state index in [0.29, 0.717) is 23.6 Å². The topological polar surface area (TPSA) is 137 Å². The van der Waals surface area contributed by atoms with Crippen molar-refractivity contribution >= 4 is 17.8 Å². The fourth-order valence-electron chi connectivity index (χ4n) is 3.60. The van der Waals surface area contributed by atoms with E-state index in [1.54, 1.807) is 30.5 Å². The van der Waals surface area contributed by atoms with Crippen molar-refractivity contribution in [2.24, 2.45) is 0 Å². The molecule has 0 unspecified atom stereocenters. The lowest BCUT2D eigenvalue weighted by Crippen LogP contribution is -2.41. The molecule has 3 aromatic rings. The Morgan fingerprint density at radius 2 is 2.10 bits per heavy atom. The van der Waals surface area contributed by atoms with E-state index >= 15 is 0 Å². The molecule has 0 fully saturated rings. The Bertz CT molecular complexity index is 1170. The summed E-state index contributed by atoms with van der Waals surface area (Å²) in [5, 5.41) is 14.6. The monoisotopic (exact) mass is 419 g/mol. The van der Waals surface area contributed by atoms with Crippen LogP contribution in [-0.4, -0.2) is 50.4 Å². The Kier molecular flexibility index (Phi) is 5.48. The van der Waals surface area contributed by atoms with Crippen LogP contribution in [0.25, 0.3) is 22.8 Å². The summed E-state index contributed by atoms with van der Waals surface area (Å²) in [4.78, 5) is 47.0. The standard InChI is InChI=1S/C22H21N5O4/c1-12(28)25-19(22(30)31)10-13-3-2-4-14(9-13)20-23-7-6-17(27-20)18-11-15-16(26-18)5-8-24-21(15)29/h2-4,6-7,9,11,19,26H,5,8,10H2,1H3,(H,24,29)(H,25,28)(H,30,31)/t19-/m0/s1. The minimum Gasteiger partial charge on any atom is -0.480 e. The number of nitrogens with zero attached hydrogens (tertiary/aromatic N) is 2. The fourth-order valence-corrected chi connectivity index (χ4v) is 3.60. The molecular weight excluding hydrogens is 398 g/mol. The van der Waals surface area contributed by atoms with E-state index in [1.807, 2.05) is 12.1 Å². The van der Waals surface area contributed by atoms with Crippen molar-refractivity contribution in [3.63, 3.8) is 0 Å². The maximum absolute atomic E-state index is 12.0. The molecule has 0 saturated heterocycles. The number of amides is 2. The highest BCUT2D eigenvalue weighted by Crippen LogP contribution is 2.25. The van der Waals surface area contributed by atoms with E-state index in [2.05, 4.69) is 25.6 Å². The van der Waals surface area contributed by atoms with Gasteiger partial charge in [0.1, 0.15) is 6.04 Å². The molecule has 1 atom stereocenters. The van der Waals surface area contributed by atoms with Crippen LogP contribution in [0.4, 0.5) is 0 Å². The number of benzene rings is 1. The number of rotatable bonds is 6. The first-order chi connectivity index (χ1) is 14.9. The summed E-state index contributed by atoms with van der Waals surface area (Å²) in [5.41, 5.74) is 4.36. The highest BCUT2D eigenvalue weighted by atomic mass is 16.4. The second kappa shape index (κ2) is 8.39. The lowest BCUT2D eigenvalue weighted by molar-refractivity contribution is -0.141. The number of aromatic nitrogens is 3. The number of aromatic amines is 1. The number of hydrogen-bond acceptors (Lipinski definition) is 5. The Morgan fingerprint density at radius 1 is 1.26 bits per heavy atom. The number of carbonyl (C=O) groups excluding carboxylic acids is 2. The zero-order chi connectivity index (χ0) is 22.0. The number of carboxylic acid groups (broad SMARTS) is 1. The van der Waals surface area contributed by atoms with E-state index in [-0.39, 0.29) is 12.3 Å². The molecule has 1 aliphatic heterocycles. The average Bonchev–Trinajstić information content (AvgIpc) is 3.19. The van der Waals surface area contributed by atoms with Crippen molar-refractivity contribution in [1.29, 1.82) is 0 Å². The smallest absolute Gasteiger partial charge is 0.326 e. The van der Waals surface area contributed by atoms with Crippen molar-refractivity contribution in [2.45, 2.75) is 25.8 Å². The molecule has 0 aliphatic carbocycles. The Balaban J connectivity index is 1.61. The van der Waals surface area contributed by atoms with Gasteiger partial charge in [-0.25, -0.2) is 14.8 Å². The van der Waals surface area contributed by atoms with Gasteiger partial charge < -0.3 is 20.7 Å². The molecule has 31 heavy (non-hydrogen) atoms. The van der Waals surface area contributed by atoms with Gasteiger partial charge >= 0.3 is 5.97 Å². The van der Waals surface area contributed by atoms with Crippen LogP contribution in [0.2, 0.25) is 0 Å². The molecule has 3 heterocycles. The summed E-state index contributed by atoms with van der Waals surface area (Å²) < 4.78 is 0. The number of carbonyl (C=O) groups is 3. The highest BCUT2D eigenvalue weighted by Gasteiger charge is 2.21. The first kappa shape index (κ1) is 20.3. The minimum absolute atomic E-state index is 0.0992. The molecule has 4 N–H and O–H groups in total. The molecule has 0 bridgehead atoms. The normalized spacial score (nSPS) is 13.8. The number of H-pyrrole nitrogens is 1. The maximum Gasteiger partial charge on any atom is 0.326 e. The summed E-state index contributed by atoms with van der Waals surface area (Å²) in [5.74, 6) is -1.12. The molecule has 9 heteroatoms. The summed E-state index contributed by atoms with van der Waals surface area (Å²) >= 11 is 0. The van der Waals surface area contributed by atoms with Gasteiger partial charge in [0.15, 0.2) is 5.82 Å². The Labute approximate surface area is 177 Å².